The molecule has 0 bridgehead atoms. The molecule has 1 N–H and O–H groups in total. The maximum atomic E-state index is 12.6. The van der Waals surface area contributed by atoms with Gasteiger partial charge in [0.05, 0.1) is 6.10 Å². The Kier molecular flexibility index (Phi) is 4.59. The van der Waals surface area contributed by atoms with Gasteiger partial charge in [-0.25, -0.2) is 4.79 Å². The fourth-order valence-electron chi connectivity index (χ4n) is 6.17. The zero-order valence-electron chi connectivity index (χ0n) is 18.8. The summed E-state index contributed by atoms with van der Waals surface area (Å²) in [6.07, 6.45) is 8.15. The lowest BCUT2D eigenvalue weighted by Gasteiger charge is -2.47. The lowest BCUT2D eigenvalue weighted by molar-refractivity contribution is -0.0567. The molecule has 162 valence electrons. The van der Waals surface area contributed by atoms with Crippen molar-refractivity contribution in [3.8, 4) is 5.75 Å². The van der Waals surface area contributed by atoms with Crippen molar-refractivity contribution < 1.29 is 14.3 Å². The summed E-state index contributed by atoms with van der Waals surface area (Å²) in [5.41, 5.74) is 4.13. The molecule has 0 saturated heterocycles. The van der Waals surface area contributed by atoms with Crippen molar-refractivity contribution in [2.45, 2.75) is 97.2 Å². The van der Waals surface area contributed by atoms with E-state index in [0.717, 1.165) is 84.8 Å². The van der Waals surface area contributed by atoms with Gasteiger partial charge in [-0.2, -0.15) is 0 Å². The molecule has 1 aromatic carbocycles. The topological polar surface area (TPSA) is 59.7 Å². The first-order valence-electron chi connectivity index (χ1n) is 11.7. The predicted molar refractivity (Wildman–Crippen MR) is 118 cm³/mol. The van der Waals surface area contributed by atoms with Crippen molar-refractivity contribution in [1.29, 1.82) is 0 Å². The summed E-state index contributed by atoms with van der Waals surface area (Å²) < 4.78 is 12.5. The maximum Gasteiger partial charge on any atom is 0.339 e. The Hall–Kier alpha value is -1.81. The van der Waals surface area contributed by atoms with Gasteiger partial charge in [0.25, 0.3) is 0 Å². The van der Waals surface area contributed by atoms with Crippen LogP contribution >= 0.6 is 0 Å². The van der Waals surface area contributed by atoms with Gasteiger partial charge in [0.15, 0.2) is 0 Å². The number of rotatable bonds is 0. The van der Waals surface area contributed by atoms with Gasteiger partial charge in [0.1, 0.15) is 16.9 Å². The third kappa shape index (κ3) is 3.10. The highest BCUT2D eigenvalue weighted by Crippen LogP contribution is 2.52. The Labute approximate surface area is 178 Å². The van der Waals surface area contributed by atoms with Crippen LogP contribution in [-0.2, 0) is 12.8 Å². The van der Waals surface area contributed by atoms with Gasteiger partial charge in [0.2, 0.25) is 0 Å². The van der Waals surface area contributed by atoms with Crippen LogP contribution < -0.4 is 10.4 Å². The first-order valence-corrected chi connectivity index (χ1v) is 11.7. The van der Waals surface area contributed by atoms with Crippen molar-refractivity contribution in [3.63, 3.8) is 0 Å². The number of aliphatic hydroxyl groups is 1. The molecular weight excluding hydrogens is 376 g/mol. The minimum Gasteiger partial charge on any atom is -0.486 e. The van der Waals surface area contributed by atoms with E-state index in [0.29, 0.717) is 23.3 Å². The first kappa shape index (κ1) is 20.1. The van der Waals surface area contributed by atoms with Gasteiger partial charge in [0, 0.05) is 28.5 Å². The molecule has 1 atom stereocenters. The molecule has 5 rings (SSSR count). The summed E-state index contributed by atoms with van der Waals surface area (Å²) in [7, 11) is 0. The number of aryl methyl sites for hydroxylation is 2. The van der Waals surface area contributed by atoms with E-state index in [1.807, 2.05) is 13.0 Å². The van der Waals surface area contributed by atoms with Crippen LogP contribution in [0.15, 0.2) is 15.3 Å². The van der Waals surface area contributed by atoms with E-state index in [4.69, 9.17) is 9.15 Å². The number of ether oxygens (including phenoxy) is 1. The summed E-state index contributed by atoms with van der Waals surface area (Å²) in [5.74, 6) is 1.43. The molecule has 2 aliphatic carbocycles. The van der Waals surface area contributed by atoms with Crippen LogP contribution in [0.3, 0.4) is 0 Å². The summed E-state index contributed by atoms with van der Waals surface area (Å²) in [5, 5.41) is 12.2. The summed E-state index contributed by atoms with van der Waals surface area (Å²) in [6, 6.07) is 2.04. The molecule has 1 fully saturated rings. The molecule has 3 aliphatic rings. The van der Waals surface area contributed by atoms with Gasteiger partial charge >= 0.3 is 5.63 Å². The highest BCUT2D eigenvalue weighted by atomic mass is 16.5. The molecule has 4 heteroatoms. The number of fused-ring (bicyclic) bond motifs is 4. The van der Waals surface area contributed by atoms with E-state index >= 15 is 0 Å². The van der Waals surface area contributed by atoms with Crippen molar-refractivity contribution in [2.75, 3.05) is 0 Å². The summed E-state index contributed by atoms with van der Waals surface area (Å²) >= 11 is 0. The fraction of sp³-hybridized carbons (Fsp3) is 0.654. The first-order chi connectivity index (χ1) is 14.2. The Morgan fingerprint density at radius 3 is 2.43 bits per heavy atom. The number of aliphatic hydroxyl groups excluding tert-OH is 1. The standard InChI is InChI=1S/C26H34O4/c1-15-22-19(17-7-5-6-8-18(17)24(28)29-22)13-20-21(27)14-26(30-23(15)20)11-9-16(10-12-26)25(2,3)4/h13,16,21,27H,5-12,14H2,1-4H3/t16?,21-,26?/m0/s1. The average Bonchev–Trinajstić information content (AvgIpc) is 2.70. The van der Waals surface area contributed by atoms with Crippen molar-refractivity contribution in [1.82, 2.24) is 0 Å². The normalized spacial score (nSPS) is 28.8. The quantitative estimate of drug-likeness (QED) is 0.560. The number of hydrogen-bond donors (Lipinski definition) is 1. The minimum atomic E-state index is -0.533. The molecular formula is C26H34O4. The Morgan fingerprint density at radius 1 is 1.10 bits per heavy atom. The van der Waals surface area contributed by atoms with Gasteiger partial charge in [-0.15, -0.1) is 0 Å². The molecule has 1 spiro atoms. The molecule has 1 aromatic heterocycles. The van der Waals surface area contributed by atoms with Crippen LogP contribution in [0.5, 0.6) is 5.75 Å². The van der Waals surface area contributed by atoms with E-state index in [-0.39, 0.29) is 11.2 Å². The SMILES string of the molecule is Cc1c2c(cc3c4c(c(=O)oc13)CCCC4)[C@@H](O)CC1(CCC(C(C)(C)C)CC1)O2. The van der Waals surface area contributed by atoms with Gasteiger partial charge in [-0.3, -0.25) is 0 Å². The van der Waals surface area contributed by atoms with Crippen LogP contribution in [-0.4, -0.2) is 10.7 Å². The highest BCUT2D eigenvalue weighted by molar-refractivity contribution is 5.87. The molecule has 2 heterocycles. The summed E-state index contributed by atoms with van der Waals surface area (Å²) in [4.78, 5) is 12.6. The predicted octanol–water partition coefficient (Wildman–Crippen LogP) is 5.77. The van der Waals surface area contributed by atoms with Crippen LogP contribution in [0.1, 0.15) is 94.1 Å². The lowest BCUT2D eigenvalue weighted by Crippen LogP contribution is -2.45. The van der Waals surface area contributed by atoms with Crippen LogP contribution in [0.4, 0.5) is 0 Å². The van der Waals surface area contributed by atoms with Crippen molar-refractivity contribution >= 4 is 11.0 Å². The smallest absolute Gasteiger partial charge is 0.339 e. The maximum absolute atomic E-state index is 12.6. The molecule has 0 amide bonds. The van der Waals surface area contributed by atoms with Gasteiger partial charge in [-0.1, -0.05) is 20.8 Å². The third-order valence-corrected chi connectivity index (χ3v) is 8.09. The third-order valence-electron chi connectivity index (χ3n) is 8.09. The Balaban J connectivity index is 1.57. The summed E-state index contributed by atoms with van der Waals surface area (Å²) in [6.45, 7) is 8.94. The molecule has 1 aliphatic heterocycles. The van der Waals surface area contributed by atoms with Crippen LogP contribution in [0, 0.1) is 18.3 Å². The van der Waals surface area contributed by atoms with E-state index < -0.39 is 6.10 Å². The van der Waals surface area contributed by atoms with Gasteiger partial charge in [-0.05, 0) is 81.3 Å². The zero-order chi connectivity index (χ0) is 21.3. The monoisotopic (exact) mass is 410 g/mol. The zero-order valence-corrected chi connectivity index (χ0v) is 18.8. The van der Waals surface area contributed by atoms with Crippen molar-refractivity contribution in [2.24, 2.45) is 11.3 Å². The number of benzene rings is 1. The van der Waals surface area contributed by atoms with Crippen LogP contribution in [0.2, 0.25) is 0 Å². The van der Waals surface area contributed by atoms with Gasteiger partial charge < -0.3 is 14.3 Å². The Bertz CT molecular complexity index is 1050. The second-order valence-electron chi connectivity index (χ2n) is 11.0. The second-order valence-corrected chi connectivity index (χ2v) is 11.0. The van der Waals surface area contributed by atoms with E-state index in [1.54, 1.807) is 0 Å². The highest BCUT2D eigenvalue weighted by Gasteiger charge is 2.45. The lowest BCUT2D eigenvalue weighted by atomic mass is 9.66. The molecule has 0 radical (unpaired) electrons. The molecule has 0 unspecified atom stereocenters. The Morgan fingerprint density at radius 2 is 1.77 bits per heavy atom. The molecule has 4 nitrogen and oxygen atoms in total. The van der Waals surface area contributed by atoms with Crippen molar-refractivity contribution in [3.05, 3.63) is 38.7 Å². The second kappa shape index (κ2) is 6.85. The van der Waals surface area contributed by atoms with E-state index in [9.17, 15) is 9.90 Å². The molecule has 30 heavy (non-hydrogen) atoms. The van der Waals surface area contributed by atoms with E-state index in [2.05, 4.69) is 20.8 Å². The minimum absolute atomic E-state index is 0.197. The molecule has 1 saturated carbocycles. The number of hydrogen-bond acceptors (Lipinski definition) is 4. The average molecular weight is 411 g/mol. The largest absolute Gasteiger partial charge is 0.486 e. The van der Waals surface area contributed by atoms with E-state index in [1.165, 1.54) is 0 Å². The van der Waals surface area contributed by atoms with Crippen LogP contribution in [0.25, 0.3) is 11.0 Å². The molecule has 2 aromatic rings. The fourth-order valence-corrected chi connectivity index (χ4v) is 6.17.